The summed E-state index contributed by atoms with van der Waals surface area (Å²) >= 11 is 0. The first-order valence-electron chi connectivity index (χ1n) is 6.75. The molecule has 0 radical (unpaired) electrons. The van der Waals surface area contributed by atoms with Crippen LogP contribution in [0.5, 0.6) is 0 Å². The number of likely N-dealkylation sites (tertiary alicyclic amines) is 1. The lowest BCUT2D eigenvalue weighted by Gasteiger charge is -2.15. The van der Waals surface area contributed by atoms with Crippen molar-refractivity contribution in [3.05, 3.63) is 54.1 Å². The Morgan fingerprint density at radius 3 is 2.79 bits per heavy atom. The predicted molar refractivity (Wildman–Crippen MR) is 73.7 cm³/mol. The van der Waals surface area contributed by atoms with Gasteiger partial charge in [-0.15, -0.1) is 0 Å². The van der Waals surface area contributed by atoms with Crippen LogP contribution in [0.3, 0.4) is 0 Å². The average molecular weight is 257 g/mol. The molecule has 0 saturated carbocycles. The molecule has 1 atom stereocenters. The number of imidazole rings is 1. The Morgan fingerprint density at radius 2 is 2.05 bits per heavy atom. The lowest BCUT2D eigenvalue weighted by Crippen LogP contribution is -2.23. The van der Waals surface area contributed by atoms with Crippen molar-refractivity contribution in [1.82, 2.24) is 14.5 Å². The van der Waals surface area contributed by atoms with Crippen molar-refractivity contribution in [3.8, 4) is 0 Å². The van der Waals surface area contributed by atoms with Gasteiger partial charge in [0.1, 0.15) is 5.82 Å². The second kappa shape index (κ2) is 5.55. The van der Waals surface area contributed by atoms with Gasteiger partial charge in [0.2, 0.25) is 0 Å². The van der Waals surface area contributed by atoms with E-state index in [9.17, 15) is 5.11 Å². The summed E-state index contributed by atoms with van der Waals surface area (Å²) in [4.78, 5) is 6.70. The van der Waals surface area contributed by atoms with Crippen LogP contribution in [-0.2, 0) is 13.1 Å². The van der Waals surface area contributed by atoms with Crippen LogP contribution in [0.25, 0.3) is 0 Å². The van der Waals surface area contributed by atoms with Crippen molar-refractivity contribution in [3.63, 3.8) is 0 Å². The molecule has 1 saturated heterocycles. The molecule has 4 heteroatoms. The van der Waals surface area contributed by atoms with Gasteiger partial charge in [0.05, 0.1) is 12.6 Å². The third kappa shape index (κ3) is 3.03. The highest BCUT2D eigenvalue weighted by atomic mass is 16.3. The Hall–Kier alpha value is -1.65. The molecule has 0 unspecified atom stereocenters. The van der Waals surface area contributed by atoms with Crippen LogP contribution < -0.4 is 0 Å². The minimum atomic E-state index is -0.169. The Kier molecular flexibility index (Phi) is 3.62. The van der Waals surface area contributed by atoms with Gasteiger partial charge < -0.3 is 9.67 Å². The largest absolute Gasteiger partial charge is 0.392 e. The van der Waals surface area contributed by atoms with Crippen LogP contribution in [0.2, 0.25) is 0 Å². The fourth-order valence-electron chi connectivity index (χ4n) is 2.57. The van der Waals surface area contributed by atoms with E-state index in [2.05, 4.69) is 38.7 Å². The van der Waals surface area contributed by atoms with Gasteiger partial charge >= 0.3 is 0 Å². The highest BCUT2D eigenvalue weighted by Gasteiger charge is 2.21. The molecule has 1 N–H and O–H groups in total. The van der Waals surface area contributed by atoms with Crippen LogP contribution in [0.4, 0.5) is 0 Å². The van der Waals surface area contributed by atoms with E-state index in [1.165, 1.54) is 5.56 Å². The van der Waals surface area contributed by atoms with Crippen LogP contribution in [0.15, 0.2) is 42.7 Å². The molecule has 0 aliphatic carbocycles. The Labute approximate surface area is 113 Å². The monoisotopic (exact) mass is 257 g/mol. The lowest BCUT2D eigenvalue weighted by molar-refractivity contribution is 0.173. The fourth-order valence-corrected chi connectivity index (χ4v) is 2.57. The van der Waals surface area contributed by atoms with Crippen molar-refractivity contribution in [2.75, 3.05) is 13.1 Å². The number of β-amino-alcohol motifs (C(OH)–C–C–N with tert-alkyl or cyclic N) is 1. The number of hydrogen-bond acceptors (Lipinski definition) is 3. The summed E-state index contributed by atoms with van der Waals surface area (Å²) < 4.78 is 2.18. The average Bonchev–Trinajstić information content (AvgIpc) is 3.01. The molecular weight excluding hydrogens is 238 g/mol. The molecule has 1 aromatic carbocycles. The second-order valence-electron chi connectivity index (χ2n) is 5.13. The van der Waals surface area contributed by atoms with Gasteiger partial charge in [0.15, 0.2) is 0 Å². The van der Waals surface area contributed by atoms with E-state index in [-0.39, 0.29) is 6.10 Å². The molecule has 0 bridgehead atoms. The first-order chi connectivity index (χ1) is 9.31. The molecule has 100 valence electrons. The number of nitrogens with zero attached hydrogens (tertiary/aromatic N) is 3. The van der Waals surface area contributed by atoms with Gasteiger partial charge in [-0.2, -0.15) is 0 Å². The fraction of sp³-hybridized carbons (Fsp3) is 0.400. The maximum atomic E-state index is 9.56. The zero-order valence-electron chi connectivity index (χ0n) is 10.9. The number of aromatic nitrogens is 2. The molecule has 0 spiro atoms. The first kappa shape index (κ1) is 12.4. The van der Waals surface area contributed by atoms with Gasteiger partial charge in [-0.25, -0.2) is 4.98 Å². The van der Waals surface area contributed by atoms with Gasteiger partial charge in [-0.05, 0) is 12.0 Å². The standard InChI is InChI=1S/C15H19N3O/c19-14-6-8-17(11-14)12-15-16-7-9-18(15)10-13-4-2-1-3-5-13/h1-5,7,9,14,19H,6,8,10-12H2/t14-/m1/s1. The summed E-state index contributed by atoms with van der Waals surface area (Å²) in [5.74, 6) is 1.07. The molecule has 4 nitrogen and oxygen atoms in total. The molecule has 1 aliphatic rings. The van der Waals surface area contributed by atoms with E-state index < -0.39 is 0 Å². The normalized spacial score (nSPS) is 19.9. The van der Waals surface area contributed by atoms with Crippen molar-refractivity contribution in [2.45, 2.75) is 25.6 Å². The van der Waals surface area contributed by atoms with E-state index in [1.54, 1.807) is 0 Å². The van der Waals surface area contributed by atoms with E-state index in [0.29, 0.717) is 0 Å². The summed E-state index contributed by atoms with van der Waals surface area (Å²) in [6.07, 6.45) is 4.58. The smallest absolute Gasteiger partial charge is 0.123 e. The Balaban J connectivity index is 1.68. The summed E-state index contributed by atoms with van der Waals surface area (Å²) in [5, 5.41) is 9.56. The number of benzene rings is 1. The van der Waals surface area contributed by atoms with Crippen molar-refractivity contribution >= 4 is 0 Å². The molecule has 3 rings (SSSR count). The molecular formula is C15H19N3O. The highest BCUT2D eigenvalue weighted by Crippen LogP contribution is 2.13. The van der Waals surface area contributed by atoms with Crippen LogP contribution >= 0.6 is 0 Å². The van der Waals surface area contributed by atoms with E-state index in [4.69, 9.17) is 0 Å². The molecule has 1 aromatic heterocycles. The van der Waals surface area contributed by atoms with Crippen LogP contribution in [0, 0.1) is 0 Å². The number of hydrogen-bond donors (Lipinski definition) is 1. The predicted octanol–water partition coefficient (Wildman–Crippen LogP) is 1.50. The molecule has 1 aliphatic heterocycles. The highest BCUT2D eigenvalue weighted by molar-refractivity contribution is 5.15. The first-order valence-corrected chi connectivity index (χ1v) is 6.75. The van der Waals surface area contributed by atoms with Gasteiger partial charge in [0.25, 0.3) is 0 Å². The quantitative estimate of drug-likeness (QED) is 0.902. The summed E-state index contributed by atoms with van der Waals surface area (Å²) in [6, 6.07) is 10.4. The molecule has 19 heavy (non-hydrogen) atoms. The lowest BCUT2D eigenvalue weighted by atomic mass is 10.2. The van der Waals surface area contributed by atoms with Gasteiger partial charge in [-0.1, -0.05) is 30.3 Å². The van der Waals surface area contributed by atoms with E-state index >= 15 is 0 Å². The summed E-state index contributed by atoms with van der Waals surface area (Å²) in [7, 11) is 0. The molecule has 2 heterocycles. The van der Waals surface area contributed by atoms with Crippen LogP contribution in [0.1, 0.15) is 17.8 Å². The van der Waals surface area contributed by atoms with E-state index in [1.807, 2.05) is 18.5 Å². The third-order valence-corrected chi connectivity index (χ3v) is 3.61. The van der Waals surface area contributed by atoms with Gasteiger partial charge in [-0.3, -0.25) is 4.90 Å². The second-order valence-corrected chi connectivity index (χ2v) is 5.13. The topological polar surface area (TPSA) is 41.3 Å². The molecule has 1 fully saturated rings. The van der Waals surface area contributed by atoms with Crippen molar-refractivity contribution in [1.29, 1.82) is 0 Å². The maximum absolute atomic E-state index is 9.56. The number of aliphatic hydroxyl groups excluding tert-OH is 1. The Bertz CT molecular complexity index is 523. The summed E-state index contributed by atoms with van der Waals surface area (Å²) in [5.41, 5.74) is 1.28. The SMILES string of the molecule is O[C@@H]1CCN(Cc2nccn2Cc2ccccc2)C1. The van der Waals surface area contributed by atoms with Crippen LogP contribution in [-0.4, -0.2) is 38.8 Å². The van der Waals surface area contributed by atoms with Gasteiger partial charge in [0, 0.05) is 32.0 Å². The summed E-state index contributed by atoms with van der Waals surface area (Å²) in [6.45, 7) is 3.39. The third-order valence-electron chi connectivity index (χ3n) is 3.61. The van der Waals surface area contributed by atoms with Crippen molar-refractivity contribution in [2.24, 2.45) is 0 Å². The molecule has 2 aromatic rings. The number of aliphatic hydroxyl groups is 1. The minimum Gasteiger partial charge on any atom is -0.392 e. The molecule has 0 amide bonds. The maximum Gasteiger partial charge on any atom is 0.123 e. The number of rotatable bonds is 4. The minimum absolute atomic E-state index is 0.169. The van der Waals surface area contributed by atoms with E-state index in [0.717, 1.165) is 38.4 Å². The van der Waals surface area contributed by atoms with Crippen molar-refractivity contribution < 1.29 is 5.11 Å². The zero-order valence-corrected chi connectivity index (χ0v) is 10.9. The Morgan fingerprint density at radius 1 is 1.21 bits per heavy atom. The zero-order chi connectivity index (χ0) is 13.1.